The molecule has 4 aromatic rings. The van der Waals surface area contributed by atoms with Crippen LogP contribution in [0.25, 0.3) is 11.3 Å². The highest BCUT2D eigenvalue weighted by Crippen LogP contribution is 2.33. The highest BCUT2D eigenvalue weighted by molar-refractivity contribution is 7.14. The molecule has 0 spiro atoms. The van der Waals surface area contributed by atoms with Crippen molar-refractivity contribution in [1.29, 1.82) is 0 Å². The van der Waals surface area contributed by atoms with Gasteiger partial charge in [0.1, 0.15) is 5.75 Å². The molecule has 7 nitrogen and oxygen atoms in total. The second kappa shape index (κ2) is 8.60. The Labute approximate surface area is 188 Å². The topological polar surface area (TPSA) is 81.7 Å². The number of benzene rings is 3. The predicted octanol–water partition coefficient (Wildman–Crippen LogP) is 5.54. The summed E-state index contributed by atoms with van der Waals surface area (Å²) in [4.78, 5) is 17.3. The summed E-state index contributed by atoms with van der Waals surface area (Å²) in [6.07, 6.45) is 0. The van der Waals surface area contributed by atoms with Gasteiger partial charge in [0.05, 0.1) is 12.8 Å². The van der Waals surface area contributed by atoms with Gasteiger partial charge in [-0.15, -0.1) is 11.3 Å². The van der Waals surface area contributed by atoms with Gasteiger partial charge in [0.25, 0.3) is 5.91 Å². The van der Waals surface area contributed by atoms with Crippen LogP contribution < -0.4 is 24.8 Å². The Bertz CT molecular complexity index is 1270. The first kappa shape index (κ1) is 19.9. The minimum atomic E-state index is -0.222. The SMILES string of the molecule is COc1ccc(Nc2nc(-c3cccc(NC(=O)c4ccc5c(c4)OCO5)c3)cs2)cc1. The van der Waals surface area contributed by atoms with Crippen LogP contribution >= 0.6 is 11.3 Å². The van der Waals surface area contributed by atoms with Crippen molar-refractivity contribution >= 4 is 33.8 Å². The second-order valence-corrected chi connectivity index (χ2v) is 7.85. The molecular formula is C24H19N3O4S. The number of carbonyl (C=O) groups excluding carboxylic acids is 1. The van der Waals surface area contributed by atoms with E-state index in [1.807, 2.05) is 53.9 Å². The molecule has 1 aliphatic rings. The normalized spacial score (nSPS) is 11.8. The van der Waals surface area contributed by atoms with Crippen LogP contribution in [0.3, 0.4) is 0 Å². The van der Waals surface area contributed by atoms with E-state index in [2.05, 4.69) is 15.6 Å². The van der Waals surface area contributed by atoms with E-state index in [1.165, 1.54) is 11.3 Å². The maximum atomic E-state index is 12.7. The van der Waals surface area contributed by atoms with Crippen LogP contribution in [0.1, 0.15) is 10.4 Å². The van der Waals surface area contributed by atoms with Crippen LogP contribution in [0.5, 0.6) is 17.2 Å². The van der Waals surface area contributed by atoms with Crippen LogP contribution in [0.4, 0.5) is 16.5 Å². The number of amides is 1. The van der Waals surface area contributed by atoms with E-state index in [-0.39, 0.29) is 12.7 Å². The molecule has 0 bridgehead atoms. The van der Waals surface area contributed by atoms with Gasteiger partial charge >= 0.3 is 0 Å². The van der Waals surface area contributed by atoms with E-state index in [0.29, 0.717) is 22.7 Å². The molecule has 0 saturated carbocycles. The Morgan fingerprint density at radius 3 is 2.69 bits per heavy atom. The number of rotatable bonds is 6. The molecule has 160 valence electrons. The van der Waals surface area contributed by atoms with Gasteiger partial charge in [-0.25, -0.2) is 4.98 Å². The van der Waals surface area contributed by atoms with Gasteiger partial charge in [-0.3, -0.25) is 4.79 Å². The number of hydrogen-bond acceptors (Lipinski definition) is 7. The number of methoxy groups -OCH3 is 1. The summed E-state index contributed by atoms with van der Waals surface area (Å²) in [6, 6.07) is 20.4. The second-order valence-electron chi connectivity index (χ2n) is 6.99. The maximum Gasteiger partial charge on any atom is 0.255 e. The number of thiazole rings is 1. The van der Waals surface area contributed by atoms with E-state index < -0.39 is 0 Å². The maximum absolute atomic E-state index is 12.7. The molecule has 0 fully saturated rings. The summed E-state index contributed by atoms with van der Waals surface area (Å²) in [7, 11) is 1.64. The van der Waals surface area contributed by atoms with Crippen LogP contribution in [0.2, 0.25) is 0 Å². The summed E-state index contributed by atoms with van der Waals surface area (Å²) in [5.74, 6) is 1.80. The van der Waals surface area contributed by atoms with Crippen LogP contribution in [-0.2, 0) is 0 Å². The van der Waals surface area contributed by atoms with Crippen LogP contribution in [0.15, 0.2) is 72.1 Å². The Morgan fingerprint density at radius 1 is 1.00 bits per heavy atom. The molecule has 1 aromatic heterocycles. The fourth-order valence-electron chi connectivity index (χ4n) is 3.26. The fraction of sp³-hybridized carbons (Fsp3) is 0.0833. The lowest BCUT2D eigenvalue weighted by Gasteiger charge is -2.07. The van der Waals surface area contributed by atoms with E-state index in [1.54, 1.807) is 25.3 Å². The molecule has 0 radical (unpaired) electrons. The number of aromatic nitrogens is 1. The van der Waals surface area contributed by atoms with E-state index in [4.69, 9.17) is 14.2 Å². The van der Waals surface area contributed by atoms with Gasteiger partial charge in [-0.05, 0) is 54.6 Å². The number of carbonyl (C=O) groups is 1. The van der Waals surface area contributed by atoms with Crippen molar-refractivity contribution in [3.63, 3.8) is 0 Å². The molecule has 0 unspecified atom stereocenters. The van der Waals surface area contributed by atoms with Crippen molar-refractivity contribution in [3.8, 4) is 28.5 Å². The van der Waals surface area contributed by atoms with Crippen molar-refractivity contribution in [3.05, 3.63) is 77.7 Å². The third kappa shape index (κ3) is 4.21. The lowest BCUT2D eigenvalue weighted by molar-refractivity contribution is 0.102. The molecule has 2 N–H and O–H groups in total. The largest absolute Gasteiger partial charge is 0.497 e. The third-order valence-electron chi connectivity index (χ3n) is 4.90. The molecule has 1 aliphatic heterocycles. The molecule has 0 atom stereocenters. The first-order valence-corrected chi connectivity index (χ1v) is 10.7. The molecule has 2 heterocycles. The predicted molar refractivity (Wildman–Crippen MR) is 124 cm³/mol. The average Bonchev–Trinajstić information content (AvgIpc) is 3.49. The van der Waals surface area contributed by atoms with Gasteiger partial charge in [0, 0.05) is 27.9 Å². The van der Waals surface area contributed by atoms with Gasteiger partial charge in [-0.1, -0.05) is 12.1 Å². The Morgan fingerprint density at radius 2 is 1.84 bits per heavy atom. The zero-order chi connectivity index (χ0) is 21.9. The monoisotopic (exact) mass is 445 g/mol. The van der Waals surface area contributed by atoms with Gasteiger partial charge in [0.2, 0.25) is 6.79 Å². The molecular weight excluding hydrogens is 426 g/mol. The van der Waals surface area contributed by atoms with Gasteiger partial charge < -0.3 is 24.8 Å². The van der Waals surface area contributed by atoms with Crippen molar-refractivity contribution in [2.45, 2.75) is 0 Å². The zero-order valence-electron chi connectivity index (χ0n) is 17.1. The fourth-order valence-corrected chi connectivity index (χ4v) is 4.00. The molecule has 0 aliphatic carbocycles. The minimum Gasteiger partial charge on any atom is -0.497 e. The van der Waals surface area contributed by atoms with E-state index >= 15 is 0 Å². The standard InChI is InChI=1S/C24H19N3O4S/c1-29-19-8-6-17(7-9-19)26-24-27-20(13-32-24)15-3-2-4-18(11-15)25-23(28)16-5-10-21-22(12-16)31-14-30-21/h2-13H,14H2,1H3,(H,25,28)(H,26,27). The van der Waals surface area contributed by atoms with E-state index in [9.17, 15) is 4.79 Å². The Kier molecular flexibility index (Phi) is 5.35. The highest BCUT2D eigenvalue weighted by atomic mass is 32.1. The van der Waals surface area contributed by atoms with Crippen LogP contribution in [-0.4, -0.2) is 24.8 Å². The number of anilines is 3. The van der Waals surface area contributed by atoms with Crippen molar-refractivity contribution in [1.82, 2.24) is 4.98 Å². The number of fused-ring (bicyclic) bond motifs is 1. The minimum absolute atomic E-state index is 0.172. The third-order valence-corrected chi connectivity index (χ3v) is 5.65. The molecule has 8 heteroatoms. The highest BCUT2D eigenvalue weighted by Gasteiger charge is 2.16. The lowest BCUT2D eigenvalue weighted by atomic mass is 10.1. The van der Waals surface area contributed by atoms with Crippen LogP contribution in [0, 0.1) is 0 Å². The Balaban J connectivity index is 1.29. The van der Waals surface area contributed by atoms with E-state index in [0.717, 1.165) is 27.8 Å². The van der Waals surface area contributed by atoms with Gasteiger partial charge in [-0.2, -0.15) is 0 Å². The van der Waals surface area contributed by atoms with Crippen molar-refractivity contribution in [2.75, 3.05) is 24.5 Å². The first-order valence-electron chi connectivity index (χ1n) is 9.86. The zero-order valence-corrected chi connectivity index (χ0v) is 17.9. The lowest BCUT2D eigenvalue weighted by Crippen LogP contribution is -2.11. The number of ether oxygens (including phenoxy) is 3. The van der Waals surface area contributed by atoms with Crippen molar-refractivity contribution < 1.29 is 19.0 Å². The van der Waals surface area contributed by atoms with Crippen molar-refractivity contribution in [2.24, 2.45) is 0 Å². The number of nitrogens with zero attached hydrogens (tertiary/aromatic N) is 1. The molecule has 3 aromatic carbocycles. The molecule has 0 saturated heterocycles. The molecule has 32 heavy (non-hydrogen) atoms. The quantitative estimate of drug-likeness (QED) is 0.405. The molecule has 1 amide bonds. The summed E-state index contributed by atoms with van der Waals surface area (Å²) in [5.41, 5.74) is 3.84. The smallest absolute Gasteiger partial charge is 0.255 e. The summed E-state index contributed by atoms with van der Waals surface area (Å²) in [6.45, 7) is 0.172. The average molecular weight is 446 g/mol. The first-order chi connectivity index (χ1) is 15.7. The summed E-state index contributed by atoms with van der Waals surface area (Å²) in [5, 5.41) is 8.98. The molecule has 5 rings (SSSR count). The van der Waals surface area contributed by atoms with Gasteiger partial charge in [0.15, 0.2) is 16.6 Å². The number of nitrogens with one attached hydrogen (secondary N) is 2. The summed E-state index contributed by atoms with van der Waals surface area (Å²) < 4.78 is 15.8. The number of hydrogen-bond donors (Lipinski definition) is 2. The summed E-state index contributed by atoms with van der Waals surface area (Å²) >= 11 is 1.51. The Hall–Kier alpha value is -4.04.